The number of rotatable bonds is 2. The van der Waals surface area contributed by atoms with Crippen molar-refractivity contribution in [1.29, 1.82) is 0 Å². The summed E-state index contributed by atoms with van der Waals surface area (Å²) in [5.41, 5.74) is -0.0164. The number of hydrogen-bond acceptors (Lipinski definition) is 3. The molecule has 1 aromatic carbocycles. The number of carbonyl (C=O) groups is 1. The maximum Gasteiger partial charge on any atom is 0.410 e. The van der Waals surface area contributed by atoms with Crippen LogP contribution in [0.3, 0.4) is 0 Å². The second-order valence-corrected chi connectivity index (χ2v) is 6.04. The number of nitrogens with zero attached hydrogens (tertiary/aromatic N) is 1. The first-order valence-electron chi connectivity index (χ1n) is 6.84. The summed E-state index contributed by atoms with van der Waals surface area (Å²) >= 11 is 0. The smallest absolute Gasteiger partial charge is 0.410 e. The molecule has 1 atom stereocenters. The molecule has 2 rings (SSSR count). The third-order valence-electron chi connectivity index (χ3n) is 3.07. The van der Waals surface area contributed by atoms with Crippen molar-refractivity contribution in [2.75, 3.05) is 18.4 Å². The minimum Gasteiger partial charge on any atom is -0.444 e. The van der Waals surface area contributed by atoms with Gasteiger partial charge in [0.1, 0.15) is 11.4 Å². The van der Waals surface area contributed by atoms with Crippen LogP contribution in [0.1, 0.15) is 27.2 Å². The fourth-order valence-corrected chi connectivity index (χ4v) is 2.17. The number of anilines is 1. The van der Waals surface area contributed by atoms with Gasteiger partial charge in [0.25, 0.3) is 0 Å². The third kappa shape index (κ3) is 3.85. The van der Waals surface area contributed by atoms with Crippen LogP contribution >= 0.6 is 0 Å². The SMILES string of the molecule is CC(C)(C)OC(=O)N1CC[C@@H](Nc2ccccc2F)C1. The molecule has 0 aliphatic carbocycles. The molecule has 1 saturated heterocycles. The van der Waals surface area contributed by atoms with Crippen molar-refractivity contribution in [2.24, 2.45) is 0 Å². The monoisotopic (exact) mass is 280 g/mol. The Morgan fingerprint density at radius 1 is 1.40 bits per heavy atom. The van der Waals surface area contributed by atoms with E-state index in [0.29, 0.717) is 18.8 Å². The molecule has 1 N–H and O–H groups in total. The van der Waals surface area contributed by atoms with E-state index in [9.17, 15) is 9.18 Å². The number of benzene rings is 1. The Hall–Kier alpha value is -1.78. The highest BCUT2D eigenvalue weighted by molar-refractivity contribution is 5.68. The van der Waals surface area contributed by atoms with Gasteiger partial charge >= 0.3 is 6.09 Å². The van der Waals surface area contributed by atoms with Crippen molar-refractivity contribution < 1.29 is 13.9 Å². The quantitative estimate of drug-likeness (QED) is 0.904. The Labute approximate surface area is 118 Å². The topological polar surface area (TPSA) is 41.6 Å². The highest BCUT2D eigenvalue weighted by Crippen LogP contribution is 2.20. The second kappa shape index (κ2) is 5.69. The van der Waals surface area contributed by atoms with Gasteiger partial charge in [-0.15, -0.1) is 0 Å². The lowest BCUT2D eigenvalue weighted by molar-refractivity contribution is 0.0293. The molecule has 0 radical (unpaired) electrons. The maximum atomic E-state index is 13.6. The number of ether oxygens (including phenoxy) is 1. The van der Waals surface area contributed by atoms with Crippen LogP contribution in [0.5, 0.6) is 0 Å². The summed E-state index contributed by atoms with van der Waals surface area (Å²) < 4.78 is 18.9. The maximum absolute atomic E-state index is 13.6. The number of nitrogens with one attached hydrogen (secondary N) is 1. The zero-order valence-electron chi connectivity index (χ0n) is 12.1. The summed E-state index contributed by atoms with van der Waals surface area (Å²) in [4.78, 5) is 13.6. The fraction of sp³-hybridized carbons (Fsp3) is 0.533. The zero-order chi connectivity index (χ0) is 14.8. The van der Waals surface area contributed by atoms with Gasteiger partial charge in [-0.05, 0) is 39.3 Å². The average molecular weight is 280 g/mol. The van der Waals surface area contributed by atoms with Crippen LogP contribution in [0, 0.1) is 5.82 Å². The molecule has 5 heteroatoms. The Morgan fingerprint density at radius 3 is 2.75 bits per heavy atom. The van der Waals surface area contributed by atoms with E-state index in [1.54, 1.807) is 23.1 Å². The van der Waals surface area contributed by atoms with Crippen molar-refractivity contribution in [3.8, 4) is 0 Å². The van der Waals surface area contributed by atoms with Crippen LogP contribution in [0.4, 0.5) is 14.9 Å². The van der Waals surface area contributed by atoms with Gasteiger partial charge in [-0.25, -0.2) is 9.18 Å². The highest BCUT2D eigenvalue weighted by Gasteiger charge is 2.29. The predicted octanol–water partition coefficient (Wildman–Crippen LogP) is 3.25. The van der Waals surface area contributed by atoms with Crippen LogP contribution < -0.4 is 5.32 Å². The van der Waals surface area contributed by atoms with E-state index in [1.807, 2.05) is 20.8 Å². The van der Waals surface area contributed by atoms with Crippen molar-refractivity contribution in [2.45, 2.75) is 38.8 Å². The minimum atomic E-state index is -0.492. The lowest BCUT2D eigenvalue weighted by atomic mass is 10.2. The predicted molar refractivity (Wildman–Crippen MR) is 76.2 cm³/mol. The van der Waals surface area contributed by atoms with Crippen molar-refractivity contribution >= 4 is 11.8 Å². The first kappa shape index (κ1) is 14.6. The van der Waals surface area contributed by atoms with Gasteiger partial charge in [0.05, 0.1) is 5.69 Å². The number of carbonyl (C=O) groups excluding carboxylic acids is 1. The van der Waals surface area contributed by atoms with Gasteiger partial charge in [-0.3, -0.25) is 0 Å². The number of hydrogen-bond donors (Lipinski definition) is 1. The van der Waals surface area contributed by atoms with E-state index >= 15 is 0 Å². The Morgan fingerprint density at radius 2 is 2.10 bits per heavy atom. The summed E-state index contributed by atoms with van der Waals surface area (Å²) in [6.07, 6.45) is 0.475. The molecule has 1 amide bonds. The highest BCUT2D eigenvalue weighted by atomic mass is 19.1. The molecule has 110 valence electrons. The molecule has 0 saturated carbocycles. The fourth-order valence-electron chi connectivity index (χ4n) is 2.17. The first-order valence-corrected chi connectivity index (χ1v) is 6.84. The molecule has 0 unspecified atom stereocenters. The number of amides is 1. The van der Waals surface area contributed by atoms with Crippen LogP contribution in [-0.2, 0) is 4.74 Å². The Kier molecular flexibility index (Phi) is 4.16. The van der Waals surface area contributed by atoms with Gasteiger partial charge < -0.3 is 15.0 Å². The standard InChI is InChI=1S/C15H21FN2O2/c1-15(2,3)20-14(19)18-9-8-11(10-18)17-13-7-5-4-6-12(13)16/h4-7,11,17H,8-10H2,1-3H3/t11-/m1/s1. The summed E-state index contributed by atoms with van der Waals surface area (Å²) in [7, 11) is 0. The van der Waals surface area contributed by atoms with E-state index in [1.165, 1.54) is 6.07 Å². The average Bonchev–Trinajstić information content (AvgIpc) is 2.79. The van der Waals surface area contributed by atoms with Gasteiger partial charge in [-0.2, -0.15) is 0 Å². The molecule has 1 heterocycles. The summed E-state index contributed by atoms with van der Waals surface area (Å²) in [6.45, 7) is 6.69. The molecule has 20 heavy (non-hydrogen) atoms. The first-order chi connectivity index (χ1) is 9.35. The molecular formula is C15H21FN2O2. The Bertz CT molecular complexity index is 485. The van der Waals surface area contributed by atoms with E-state index in [2.05, 4.69) is 5.32 Å². The van der Waals surface area contributed by atoms with Crippen LogP contribution in [0.2, 0.25) is 0 Å². The summed E-state index contributed by atoms with van der Waals surface area (Å²) in [5.74, 6) is -0.275. The molecule has 1 aliphatic heterocycles. The molecular weight excluding hydrogens is 259 g/mol. The lowest BCUT2D eigenvalue weighted by Gasteiger charge is -2.24. The Balaban J connectivity index is 1.90. The molecule has 0 bridgehead atoms. The molecule has 0 spiro atoms. The molecule has 1 aromatic rings. The van der Waals surface area contributed by atoms with Crippen LogP contribution in [0.15, 0.2) is 24.3 Å². The molecule has 0 aromatic heterocycles. The van der Waals surface area contributed by atoms with Crippen molar-refractivity contribution in [1.82, 2.24) is 4.90 Å². The van der Waals surface area contributed by atoms with Gasteiger partial charge in [0.15, 0.2) is 0 Å². The van der Waals surface area contributed by atoms with Gasteiger partial charge in [0, 0.05) is 19.1 Å². The number of para-hydroxylation sites is 1. The minimum absolute atomic E-state index is 0.0550. The molecule has 1 aliphatic rings. The van der Waals surface area contributed by atoms with Crippen LogP contribution in [-0.4, -0.2) is 35.7 Å². The van der Waals surface area contributed by atoms with Crippen LogP contribution in [0.25, 0.3) is 0 Å². The largest absolute Gasteiger partial charge is 0.444 e. The van der Waals surface area contributed by atoms with Crippen molar-refractivity contribution in [3.63, 3.8) is 0 Å². The van der Waals surface area contributed by atoms with E-state index in [4.69, 9.17) is 4.74 Å². The summed E-state index contributed by atoms with van der Waals surface area (Å²) in [6, 6.07) is 6.61. The van der Waals surface area contributed by atoms with Gasteiger partial charge in [-0.1, -0.05) is 12.1 Å². The third-order valence-corrected chi connectivity index (χ3v) is 3.07. The van der Waals surface area contributed by atoms with E-state index < -0.39 is 5.60 Å². The van der Waals surface area contributed by atoms with Gasteiger partial charge in [0.2, 0.25) is 0 Å². The molecule has 1 fully saturated rings. The zero-order valence-corrected chi connectivity index (χ0v) is 12.1. The normalized spacial score (nSPS) is 19.0. The number of likely N-dealkylation sites (tertiary alicyclic amines) is 1. The van der Waals surface area contributed by atoms with E-state index in [0.717, 1.165) is 6.42 Å². The molecule has 4 nitrogen and oxygen atoms in total. The van der Waals surface area contributed by atoms with Crippen molar-refractivity contribution in [3.05, 3.63) is 30.1 Å². The second-order valence-electron chi connectivity index (χ2n) is 6.04. The van der Waals surface area contributed by atoms with E-state index in [-0.39, 0.29) is 18.0 Å². The number of halogens is 1. The summed E-state index contributed by atoms with van der Waals surface area (Å²) in [5, 5.41) is 3.13. The lowest BCUT2D eigenvalue weighted by Crippen LogP contribution is -2.36.